The van der Waals surface area contributed by atoms with Crippen molar-refractivity contribution in [1.82, 2.24) is 4.98 Å². The van der Waals surface area contributed by atoms with Crippen LogP contribution in [0.3, 0.4) is 0 Å². The Morgan fingerprint density at radius 2 is 1.44 bits per heavy atom. The van der Waals surface area contributed by atoms with Crippen molar-refractivity contribution in [3.63, 3.8) is 0 Å². The van der Waals surface area contributed by atoms with Crippen LogP contribution >= 0.6 is 23.2 Å². The van der Waals surface area contributed by atoms with Crippen molar-refractivity contribution in [2.75, 3.05) is 0 Å². The molecule has 1 N–H and O–H groups in total. The number of allylic oxidation sites excluding steroid dienone is 1. The molecule has 0 radical (unpaired) electrons. The Labute approximate surface area is 167 Å². The van der Waals surface area contributed by atoms with Gasteiger partial charge in [0, 0.05) is 32.1 Å². The predicted octanol–water partition coefficient (Wildman–Crippen LogP) is 7.04. The van der Waals surface area contributed by atoms with Crippen molar-refractivity contribution in [1.29, 1.82) is 0 Å². The molecule has 0 spiro atoms. The number of aromatic amines is 1. The Kier molecular flexibility index (Phi) is 4.85. The lowest BCUT2D eigenvalue weighted by Gasteiger charge is -2.02. The third-order valence-corrected chi connectivity index (χ3v) is 4.91. The first-order chi connectivity index (χ1) is 13.1. The molecule has 132 valence electrons. The molecular weight excluding hydrogens is 377 g/mol. The quantitative estimate of drug-likeness (QED) is 0.293. The Morgan fingerprint density at radius 3 is 2.15 bits per heavy atom. The number of ketones is 1. The van der Waals surface area contributed by atoms with Crippen molar-refractivity contribution >= 4 is 46.0 Å². The summed E-state index contributed by atoms with van der Waals surface area (Å²) in [6.45, 7) is 0. The fourth-order valence-corrected chi connectivity index (χ4v) is 3.30. The number of hydrogen-bond acceptors (Lipinski definition) is 1. The van der Waals surface area contributed by atoms with Crippen LogP contribution in [0.15, 0.2) is 78.9 Å². The van der Waals surface area contributed by atoms with Gasteiger partial charge < -0.3 is 4.98 Å². The van der Waals surface area contributed by atoms with Crippen molar-refractivity contribution in [2.45, 2.75) is 0 Å². The average Bonchev–Trinajstić information content (AvgIpc) is 3.06. The normalized spacial score (nSPS) is 11.3. The maximum Gasteiger partial charge on any atom is 0.185 e. The van der Waals surface area contributed by atoms with Gasteiger partial charge in [0.05, 0.1) is 5.69 Å². The summed E-state index contributed by atoms with van der Waals surface area (Å²) in [5.41, 5.74) is 4.54. The number of benzene rings is 3. The van der Waals surface area contributed by atoms with Gasteiger partial charge in [0.1, 0.15) is 0 Å². The first-order valence-electron chi connectivity index (χ1n) is 8.46. The van der Waals surface area contributed by atoms with E-state index in [0.29, 0.717) is 15.6 Å². The highest BCUT2D eigenvalue weighted by Gasteiger charge is 2.11. The third-order valence-electron chi connectivity index (χ3n) is 4.41. The molecule has 0 amide bonds. The van der Waals surface area contributed by atoms with Gasteiger partial charge in [-0.25, -0.2) is 0 Å². The molecule has 0 aliphatic rings. The number of aromatic nitrogens is 1. The van der Waals surface area contributed by atoms with Crippen molar-refractivity contribution in [3.05, 3.63) is 100 Å². The van der Waals surface area contributed by atoms with Gasteiger partial charge in [-0.15, -0.1) is 0 Å². The van der Waals surface area contributed by atoms with E-state index in [1.54, 1.807) is 30.3 Å². The number of rotatable bonds is 4. The Balaban J connectivity index is 1.77. The van der Waals surface area contributed by atoms with Gasteiger partial charge in [-0.2, -0.15) is 0 Å². The molecule has 0 bridgehead atoms. The Morgan fingerprint density at radius 1 is 0.815 bits per heavy atom. The number of fused-ring (bicyclic) bond motifs is 1. The smallest absolute Gasteiger partial charge is 0.185 e. The minimum Gasteiger partial charge on any atom is -0.354 e. The van der Waals surface area contributed by atoms with Crippen LogP contribution in [0.5, 0.6) is 0 Å². The third kappa shape index (κ3) is 3.68. The van der Waals surface area contributed by atoms with Crippen LogP contribution in [-0.4, -0.2) is 10.8 Å². The molecule has 27 heavy (non-hydrogen) atoms. The summed E-state index contributed by atoms with van der Waals surface area (Å²) in [7, 11) is 0. The molecule has 0 atom stereocenters. The van der Waals surface area contributed by atoms with Crippen molar-refractivity contribution in [2.24, 2.45) is 0 Å². The molecule has 4 heteroatoms. The highest BCUT2D eigenvalue weighted by atomic mass is 35.5. The molecule has 0 saturated carbocycles. The highest BCUT2D eigenvalue weighted by Crippen LogP contribution is 2.32. The van der Waals surface area contributed by atoms with E-state index in [2.05, 4.69) is 4.98 Å². The van der Waals surface area contributed by atoms with Crippen molar-refractivity contribution in [3.8, 4) is 11.3 Å². The van der Waals surface area contributed by atoms with Crippen LogP contribution < -0.4 is 0 Å². The molecule has 0 aliphatic carbocycles. The lowest BCUT2D eigenvalue weighted by Crippen LogP contribution is -1.93. The second kappa shape index (κ2) is 7.43. The molecule has 0 unspecified atom stereocenters. The summed E-state index contributed by atoms with van der Waals surface area (Å²) in [6.07, 6.45) is 3.46. The van der Waals surface area contributed by atoms with E-state index < -0.39 is 0 Å². The second-order valence-electron chi connectivity index (χ2n) is 6.17. The summed E-state index contributed by atoms with van der Waals surface area (Å²) in [4.78, 5) is 16.0. The number of para-hydroxylation sites is 1. The van der Waals surface area contributed by atoms with E-state index in [0.717, 1.165) is 27.7 Å². The number of carbonyl (C=O) groups is 1. The van der Waals surface area contributed by atoms with Crippen LogP contribution in [0, 0.1) is 0 Å². The van der Waals surface area contributed by atoms with Gasteiger partial charge >= 0.3 is 0 Å². The van der Waals surface area contributed by atoms with E-state index in [1.807, 2.05) is 54.6 Å². The van der Waals surface area contributed by atoms with E-state index in [-0.39, 0.29) is 5.78 Å². The van der Waals surface area contributed by atoms with Gasteiger partial charge in [0.2, 0.25) is 0 Å². The molecule has 1 aromatic heterocycles. The molecule has 3 aromatic carbocycles. The van der Waals surface area contributed by atoms with Gasteiger partial charge in [0.15, 0.2) is 5.78 Å². The zero-order chi connectivity index (χ0) is 18.8. The van der Waals surface area contributed by atoms with Crippen LogP contribution in [0.25, 0.3) is 28.2 Å². The van der Waals surface area contributed by atoms with Crippen molar-refractivity contribution < 1.29 is 4.79 Å². The summed E-state index contributed by atoms with van der Waals surface area (Å²) in [5, 5.41) is 2.35. The minimum absolute atomic E-state index is 0.0704. The van der Waals surface area contributed by atoms with Crippen LogP contribution in [0.4, 0.5) is 0 Å². The average molecular weight is 392 g/mol. The fraction of sp³-hybridized carbons (Fsp3) is 0. The Hall–Kier alpha value is -2.81. The number of carbonyl (C=O) groups excluding carboxylic acids is 1. The number of hydrogen-bond donors (Lipinski definition) is 1. The predicted molar refractivity (Wildman–Crippen MR) is 114 cm³/mol. The zero-order valence-corrected chi connectivity index (χ0v) is 15.8. The van der Waals surface area contributed by atoms with Gasteiger partial charge in [-0.05, 0) is 60.2 Å². The maximum atomic E-state index is 12.5. The maximum absolute atomic E-state index is 12.5. The SMILES string of the molecule is O=C(/C=C\c1c(-c2ccc(Cl)cc2)[nH]c2ccccc12)c1ccc(Cl)cc1. The van der Waals surface area contributed by atoms with Crippen LogP contribution in [-0.2, 0) is 0 Å². The monoisotopic (exact) mass is 391 g/mol. The molecule has 1 heterocycles. The number of nitrogens with one attached hydrogen (secondary N) is 1. The standard InChI is InChI=1S/C23H15Cl2NO/c24-17-9-5-15(6-10-17)22(27)14-13-20-19-3-1-2-4-21(19)26-23(20)16-7-11-18(25)12-8-16/h1-14,26H/b14-13-. The number of halogens is 2. The highest BCUT2D eigenvalue weighted by molar-refractivity contribution is 6.31. The number of H-pyrrole nitrogens is 1. The fourth-order valence-electron chi connectivity index (χ4n) is 3.05. The second-order valence-corrected chi connectivity index (χ2v) is 7.04. The lowest BCUT2D eigenvalue weighted by molar-refractivity contribution is 0.104. The van der Waals surface area contributed by atoms with Gasteiger partial charge in [-0.3, -0.25) is 4.79 Å². The van der Waals surface area contributed by atoms with Crippen LogP contribution in [0.2, 0.25) is 10.0 Å². The Bertz CT molecular complexity index is 1140. The molecular formula is C23H15Cl2NO. The van der Waals surface area contributed by atoms with E-state index >= 15 is 0 Å². The molecule has 2 nitrogen and oxygen atoms in total. The first-order valence-corrected chi connectivity index (χ1v) is 9.22. The summed E-state index contributed by atoms with van der Waals surface area (Å²) in [6, 6.07) is 22.6. The van der Waals surface area contributed by atoms with E-state index in [9.17, 15) is 4.79 Å². The zero-order valence-electron chi connectivity index (χ0n) is 14.2. The summed E-state index contributed by atoms with van der Waals surface area (Å²) in [5.74, 6) is -0.0704. The topological polar surface area (TPSA) is 32.9 Å². The molecule has 4 rings (SSSR count). The van der Waals surface area contributed by atoms with Gasteiger partial charge in [0.25, 0.3) is 0 Å². The largest absolute Gasteiger partial charge is 0.354 e. The lowest BCUT2D eigenvalue weighted by atomic mass is 10.0. The summed E-state index contributed by atoms with van der Waals surface area (Å²) < 4.78 is 0. The summed E-state index contributed by atoms with van der Waals surface area (Å²) >= 11 is 11.9. The first kappa shape index (κ1) is 17.6. The van der Waals surface area contributed by atoms with E-state index in [1.165, 1.54) is 0 Å². The molecule has 4 aromatic rings. The minimum atomic E-state index is -0.0704. The molecule has 0 saturated heterocycles. The van der Waals surface area contributed by atoms with Gasteiger partial charge in [-0.1, -0.05) is 53.5 Å². The molecule has 0 fully saturated rings. The van der Waals surface area contributed by atoms with Crippen LogP contribution in [0.1, 0.15) is 15.9 Å². The van der Waals surface area contributed by atoms with E-state index in [4.69, 9.17) is 23.2 Å². The molecule has 0 aliphatic heterocycles.